The number of hydrogen-bond acceptors (Lipinski definition) is 3. The van der Waals surface area contributed by atoms with Crippen molar-refractivity contribution in [1.29, 1.82) is 0 Å². The summed E-state index contributed by atoms with van der Waals surface area (Å²) in [6.07, 6.45) is 3.62. The lowest BCUT2D eigenvalue weighted by atomic mass is 9.96. The number of rotatable bonds is 5. The summed E-state index contributed by atoms with van der Waals surface area (Å²) < 4.78 is 6.62. The van der Waals surface area contributed by atoms with E-state index in [9.17, 15) is 0 Å². The monoisotopic (exact) mass is 334 g/mol. The molecule has 106 valence electrons. The molecule has 3 nitrogen and oxygen atoms in total. The van der Waals surface area contributed by atoms with E-state index < -0.39 is 0 Å². The molecule has 0 bridgehead atoms. The Morgan fingerprint density at radius 3 is 2.75 bits per heavy atom. The minimum Gasteiger partial charge on any atom is -0.492 e. The molecule has 1 heterocycles. The Morgan fingerprint density at radius 2 is 2.10 bits per heavy atom. The Balaban J connectivity index is 2.38. The highest BCUT2D eigenvalue weighted by Crippen LogP contribution is 2.28. The van der Waals surface area contributed by atoms with Crippen LogP contribution in [0.1, 0.15) is 29.7 Å². The summed E-state index contributed by atoms with van der Waals surface area (Å²) >= 11 is 3.50. The number of nitrogens with zero attached hydrogens (tertiary/aromatic N) is 1. The molecule has 0 saturated heterocycles. The van der Waals surface area contributed by atoms with Crippen LogP contribution in [0.4, 0.5) is 0 Å². The fourth-order valence-corrected chi connectivity index (χ4v) is 2.78. The van der Waals surface area contributed by atoms with Crippen molar-refractivity contribution < 1.29 is 4.74 Å². The first-order valence-electron chi connectivity index (χ1n) is 6.66. The molecular weight excluding hydrogens is 316 g/mol. The lowest BCUT2D eigenvalue weighted by Gasteiger charge is -2.20. The third-order valence-corrected chi connectivity index (χ3v) is 3.70. The van der Waals surface area contributed by atoms with E-state index in [2.05, 4.69) is 51.4 Å². The topological polar surface area (TPSA) is 34.1 Å². The van der Waals surface area contributed by atoms with Crippen molar-refractivity contribution in [3.05, 3.63) is 57.8 Å². The van der Waals surface area contributed by atoms with E-state index in [0.29, 0.717) is 6.61 Å². The molecule has 0 radical (unpaired) electrons. The minimum absolute atomic E-state index is 0.107. The predicted molar refractivity (Wildman–Crippen MR) is 85.2 cm³/mol. The molecule has 0 aliphatic heterocycles. The van der Waals surface area contributed by atoms with E-state index in [0.717, 1.165) is 15.8 Å². The first-order chi connectivity index (χ1) is 9.65. The second-order valence-electron chi connectivity index (χ2n) is 4.61. The first kappa shape index (κ1) is 15.0. The highest BCUT2D eigenvalue weighted by Gasteiger charge is 2.15. The zero-order valence-corrected chi connectivity index (χ0v) is 13.6. The predicted octanol–water partition coefficient (Wildman–Crippen LogP) is 3.86. The van der Waals surface area contributed by atoms with Gasteiger partial charge < -0.3 is 10.1 Å². The van der Waals surface area contributed by atoms with Crippen molar-refractivity contribution in [3.8, 4) is 5.75 Å². The second kappa shape index (κ2) is 6.86. The number of halogens is 1. The van der Waals surface area contributed by atoms with Crippen molar-refractivity contribution in [1.82, 2.24) is 10.3 Å². The number of aromatic nitrogens is 1. The summed E-state index contributed by atoms with van der Waals surface area (Å²) in [5.41, 5.74) is 3.58. The molecule has 1 aromatic heterocycles. The molecule has 1 atom stereocenters. The van der Waals surface area contributed by atoms with Crippen LogP contribution in [0.3, 0.4) is 0 Å². The maximum Gasteiger partial charge on any atom is 0.137 e. The van der Waals surface area contributed by atoms with Gasteiger partial charge in [-0.1, -0.05) is 22.0 Å². The Hall–Kier alpha value is -1.39. The van der Waals surface area contributed by atoms with E-state index in [1.54, 1.807) is 6.20 Å². The van der Waals surface area contributed by atoms with Crippen molar-refractivity contribution >= 4 is 15.9 Å². The summed E-state index contributed by atoms with van der Waals surface area (Å²) in [6.45, 7) is 4.73. The standard InChI is InChI=1S/C16H19BrN2O/c1-4-20-14-8-12(9-19-10-14)16(18-3)15-6-5-13(17)7-11(15)2/h5-10,16,18H,4H2,1-3H3. The normalized spacial score (nSPS) is 12.2. The van der Waals surface area contributed by atoms with E-state index in [1.165, 1.54) is 11.1 Å². The first-order valence-corrected chi connectivity index (χ1v) is 7.46. The Morgan fingerprint density at radius 1 is 1.30 bits per heavy atom. The quantitative estimate of drug-likeness (QED) is 0.901. The SMILES string of the molecule is CCOc1cncc(C(NC)c2ccc(Br)cc2C)c1. The molecule has 0 aliphatic carbocycles. The molecule has 0 spiro atoms. The highest BCUT2D eigenvalue weighted by atomic mass is 79.9. The van der Waals surface area contributed by atoms with Gasteiger partial charge in [-0.05, 0) is 55.8 Å². The molecule has 1 N–H and O–H groups in total. The average molecular weight is 335 g/mol. The summed E-state index contributed by atoms with van der Waals surface area (Å²) in [4.78, 5) is 4.27. The van der Waals surface area contributed by atoms with Gasteiger partial charge in [0.25, 0.3) is 0 Å². The van der Waals surface area contributed by atoms with Gasteiger partial charge in [-0.25, -0.2) is 0 Å². The Labute approximate surface area is 128 Å². The molecule has 0 saturated carbocycles. The molecule has 1 aromatic carbocycles. The molecule has 4 heteroatoms. The van der Waals surface area contributed by atoms with Gasteiger partial charge in [0, 0.05) is 10.7 Å². The van der Waals surface area contributed by atoms with Gasteiger partial charge in [0.2, 0.25) is 0 Å². The van der Waals surface area contributed by atoms with Crippen molar-refractivity contribution in [3.63, 3.8) is 0 Å². The van der Waals surface area contributed by atoms with Gasteiger partial charge in [0.1, 0.15) is 5.75 Å². The fraction of sp³-hybridized carbons (Fsp3) is 0.312. The largest absolute Gasteiger partial charge is 0.492 e. The zero-order chi connectivity index (χ0) is 14.5. The molecule has 2 aromatic rings. The van der Waals surface area contributed by atoms with Gasteiger partial charge >= 0.3 is 0 Å². The van der Waals surface area contributed by atoms with Crippen molar-refractivity contribution in [2.45, 2.75) is 19.9 Å². The minimum atomic E-state index is 0.107. The van der Waals surface area contributed by atoms with Crippen LogP contribution in [0.5, 0.6) is 5.75 Å². The molecule has 1 unspecified atom stereocenters. The van der Waals surface area contributed by atoms with E-state index in [1.807, 2.05) is 26.2 Å². The van der Waals surface area contributed by atoms with Crippen LogP contribution in [-0.2, 0) is 0 Å². The number of nitrogens with one attached hydrogen (secondary N) is 1. The van der Waals surface area contributed by atoms with Crippen LogP contribution in [0.25, 0.3) is 0 Å². The van der Waals surface area contributed by atoms with Gasteiger partial charge in [0.15, 0.2) is 0 Å². The molecule has 20 heavy (non-hydrogen) atoms. The van der Waals surface area contributed by atoms with Gasteiger partial charge in [0.05, 0.1) is 18.8 Å². The van der Waals surface area contributed by atoms with Gasteiger partial charge in [-0.15, -0.1) is 0 Å². The molecular formula is C16H19BrN2O. The maximum atomic E-state index is 5.53. The van der Waals surface area contributed by atoms with Crippen LogP contribution in [0, 0.1) is 6.92 Å². The van der Waals surface area contributed by atoms with Crippen LogP contribution in [0.2, 0.25) is 0 Å². The number of pyridine rings is 1. The highest BCUT2D eigenvalue weighted by molar-refractivity contribution is 9.10. The molecule has 0 amide bonds. The summed E-state index contributed by atoms with van der Waals surface area (Å²) in [5, 5.41) is 3.35. The average Bonchev–Trinajstić information content (AvgIpc) is 2.43. The number of hydrogen-bond donors (Lipinski definition) is 1. The molecule has 2 rings (SSSR count). The van der Waals surface area contributed by atoms with Crippen LogP contribution < -0.4 is 10.1 Å². The summed E-state index contributed by atoms with van der Waals surface area (Å²) in [5.74, 6) is 0.806. The van der Waals surface area contributed by atoms with E-state index >= 15 is 0 Å². The lowest BCUT2D eigenvalue weighted by molar-refractivity contribution is 0.338. The molecule has 0 aliphatic rings. The fourth-order valence-electron chi connectivity index (χ4n) is 2.30. The number of ether oxygens (including phenoxy) is 1. The second-order valence-corrected chi connectivity index (χ2v) is 5.53. The van der Waals surface area contributed by atoms with Crippen molar-refractivity contribution in [2.75, 3.05) is 13.7 Å². The number of aryl methyl sites for hydroxylation is 1. The van der Waals surface area contributed by atoms with Gasteiger partial charge in [-0.2, -0.15) is 0 Å². The van der Waals surface area contributed by atoms with E-state index in [-0.39, 0.29) is 6.04 Å². The van der Waals surface area contributed by atoms with Crippen LogP contribution in [0.15, 0.2) is 41.1 Å². The third-order valence-electron chi connectivity index (χ3n) is 3.21. The van der Waals surface area contributed by atoms with Crippen LogP contribution >= 0.6 is 15.9 Å². The number of benzene rings is 1. The smallest absolute Gasteiger partial charge is 0.137 e. The van der Waals surface area contributed by atoms with E-state index in [4.69, 9.17) is 4.74 Å². The Kier molecular flexibility index (Phi) is 5.15. The third kappa shape index (κ3) is 3.38. The van der Waals surface area contributed by atoms with Crippen molar-refractivity contribution in [2.24, 2.45) is 0 Å². The van der Waals surface area contributed by atoms with Crippen LogP contribution in [-0.4, -0.2) is 18.6 Å². The maximum absolute atomic E-state index is 5.53. The molecule has 0 fully saturated rings. The Bertz CT molecular complexity index is 586. The lowest BCUT2D eigenvalue weighted by Crippen LogP contribution is -2.19. The van der Waals surface area contributed by atoms with Gasteiger partial charge in [-0.3, -0.25) is 4.98 Å². The summed E-state index contributed by atoms with van der Waals surface area (Å²) in [7, 11) is 1.96. The zero-order valence-electron chi connectivity index (χ0n) is 12.0. The summed E-state index contributed by atoms with van der Waals surface area (Å²) in [6, 6.07) is 8.47.